The highest BCUT2D eigenvalue weighted by Crippen LogP contribution is 2.12. The van der Waals surface area contributed by atoms with Crippen molar-refractivity contribution in [1.82, 2.24) is 0 Å². The monoisotopic (exact) mass is 386 g/mol. The molecule has 0 aromatic rings. The Labute approximate surface area is 154 Å². The maximum atomic E-state index is 9.61. The lowest BCUT2D eigenvalue weighted by Crippen LogP contribution is -2.01. The quantitative estimate of drug-likeness (QED) is 0.172. The van der Waals surface area contributed by atoms with Gasteiger partial charge >= 0.3 is 0 Å². The molecule has 0 aliphatic rings. The summed E-state index contributed by atoms with van der Waals surface area (Å²) in [6, 6.07) is 0. The van der Waals surface area contributed by atoms with E-state index < -0.39 is 6.10 Å². The van der Waals surface area contributed by atoms with Gasteiger partial charge in [0, 0.05) is 11.8 Å². The predicted octanol–water partition coefficient (Wildman–Crippen LogP) is 7.01. The van der Waals surface area contributed by atoms with Gasteiger partial charge in [-0.05, 0) is 19.3 Å². The minimum atomic E-state index is -0.394. The average Bonchev–Trinajstić information content (AvgIpc) is 2.56. The van der Waals surface area contributed by atoms with Gasteiger partial charge in [-0.2, -0.15) is 0 Å². The molecule has 0 fully saturated rings. The maximum Gasteiger partial charge on any atom is 0.114 e. The molecule has 0 amide bonds. The van der Waals surface area contributed by atoms with Crippen molar-refractivity contribution in [2.24, 2.45) is 0 Å². The van der Waals surface area contributed by atoms with Gasteiger partial charge < -0.3 is 5.11 Å². The van der Waals surface area contributed by atoms with Crippen LogP contribution in [0, 0.1) is 11.8 Å². The van der Waals surface area contributed by atoms with Crippen molar-refractivity contribution >= 4 is 15.9 Å². The first-order valence-corrected chi connectivity index (χ1v) is 11.2. The second-order valence-corrected chi connectivity index (χ2v) is 7.45. The molecule has 1 nitrogen and oxygen atoms in total. The average molecular weight is 387 g/mol. The van der Waals surface area contributed by atoms with Gasteiger partial charge in [-0.15, -0.1) is 5.92 Å². The molecule has 0 bridgehead atoms. The lowest BCUT2D eigenvalue weighted by Gasteiger charge is -2.02. The number of aliphatic hydroxyl groups is 1. The summed E-state index contributed by atoms with van der Waals surface area (Å²) >= 11 is 3.48. The van der Waals surface area contributed by atoms with E-state index in [9.17, 15) is 5.11 Å². The summed E-state index contributed by atoms with van der Waals surface area (Å²) in [6.07, 6.45) is 20.1. The summed E-state index contributed by atoms with van der Waals surface area (Å²) in [4.78, 5) is 0. The van der Waals surface area contributed by atoms with E-state index in [1.807, 2.05) is 0 Å². The smallest absolute Gasteiger partial charge is 0.114 e. The van der Waals surface area contributed by atoms with Crippen LogP contribution in [-0.4, -0.2) is 16.5 Å². The third kappa shape index (κ3) is 20.0. The van der Waals surface area contributed by atoms with Crippen molar-refractivity contribution in [1.29, 1.82) is 0 Å². The first-order valence-electron chi connectivity index (χ1n) is 10.0. The van der Waals surface area contributed by atoms with Gasteiger partial charge in [0.25, 0.3) is 0 Å². The molecule has 2 heteroatoms. The Balaban J connectivity index is 3.15. The van der Waals surface area contributed by atoms with Crippen molar-refractivity contribution in [3.05, 3.63) is 0 Å². The van der Waals surface area contributed by atoms with E-state index in [1.54, 1.807) is 0 Å². The van der Waals surface area contributed by atoms with E-state index in [1.165, 1.54) is 77.0 Å². The Morgan fingerprint density at radius 2 is 1.22 bits per heavy atom. The first-order chi connectivity index (χ1) is 11.3. The number of alkyl halides is 1. The largest absolute Gasteiger partial charge is 0.380 e. The zero-order valence-corrected chi connectivity index (χ0v) is 17.0. The Bertz CT molecular complexity index is 279. The van der Waals surface area contributed by atoms with Gasteiger partial charge in [0.05, 0.1) is 0 Å². The summed E-state index contributed by atoms with van der Waals surface area (Å²) in [5.41, 5.74) is 0. The summed E-state index contributed by atoms with van der Waals surface area (Å²) in [7, 11) is 0. The Hall–Kier alpha value is 0. The summed E-state index contributed by atoms with van der Waals surface area (Å²) in [5.74, 6) is 6.09. The van der Waals surface area contributed by atoms with Crippen LogP contribution in [0.3, 0.4) is 0 Å². The third-order valence-electron chi connectivity index (χ3n) is 4.29. The van der Waals surface area contributed by atoms with Crippen molar-refractivity contribution in [3.8, 4) is 11.8 Å². The standard InChI is InChI=1S/C21H39BrO/c1-2-3-18-21(23)19-16-14-12-10-8-6-4-5-7-9-11-13-15-17-20-22/h21,23H,2-15,17-18,20H2,1H3. The molecule has 0 aromatic heterocycles. The van der Waals surface area contributed by atoms with Crippen LogP contribution in [0.1, 0.15) is 110 Å². The molecular weight excluding hydrogens is 348 g/mol. The molecule has 136 valence electrons. The van der Waals surface area contributed by atoms with E-state index in [4.69, 9.17) is 0 Å². The molecule has 0 saturated carbocycles. The van der Waals surface area contributed by atoms with Crippen LogP contribution in [0.15, 0.2) is 0 Å². The lowest BCUT2D eigenvalue weighted by atomic mass is 10.0. The van der Waals surface area contributed by atoms with Crippen molar-refractivity contribution < 1.29 is 5.11 Å². The van der Waals surface area contributed by atoms with Gasteiger partial charge in [-0.3, -0.25) is 0 Å². The molecule has 0 aromatic carbocycles. The minimum Gasteiger partial charge on any atom is -0.380 e. The molecule has 23 heavy (non-hydrogen) atoms. The van der Waals surface area contributed by atoms with Crippen LogP contribution in [0.25, 0.3) is 0 Å². The molecule has 0 saturated heterocycles. The van der Waals surface area contributed by atoms with Crippen LogP contribution in [0.4, 0.5) is 0 Å². The Kier molecular flexibility index (Phi) is 20.0. The van der Waals surface area contributed by atoms with Crippen LogP contribution >= 0.6 is 15.9 Å². The Morgan fingerprint density at radius 3 is 1.70 bits per heavy atom. The molecule has 1 unspecified atom stereocenters. The Morgan fingerprint density at radius 1 is 0.739 bits per heavy atom. The number of halogens is 1. The van der Waals surface area contributed by atoms with E-state index in [2.05, 4.69) is 34.7 Å². The van der Waals surface area contributed by atoms with E-state index in [-0.39, 0.29) is 0 Å². The van der Waals surface area contributed by atoms with Gasteiger partial charge in [0.1, 0.15) is 6.10 Å². The zero-order chi connectivity index (χ0) is 17.0. The van der Waals surface area contributed by atoms with Gasteiger partial charge in [-0.25, -0.2) is 0 Å². The fourth-order valence-corrected chi connectivity index (χ4v) is 3.13. The third-order valence-corrected chi connectivity index (χ3v) is 4.85. The molecule has 1 N–H and O–H groups in total. The highest BCUT2D eigenvalue weighted by atomic mass is 79.9. The highest BCUT2D eigenvalue weighted by molar-refractivity contribution is 9.09. The molecule has 0 aliphatic carbocycles. The van der Waals surface area contributed by atoms with Crippen molar-refractivity contribution in [3.63, 3.8) is 0 Å². The van der Waals surface area contributed by atoms with Crippen LogP contribution < -0.4 is 0 Å². The second kappa shape index (κ2) is 20.0. The number of hydrogen-bond acceptors (Lipinski definition) is 1. The molecule has 0 rings (SSSR count). The van der Waals surface area contributed by atoms with Crippen molar-refractivity contribution in [2.45, 2.75) is 116 Å². The fourth-order valence-electron chi connectivity index (χ4n) is 2.74. The molecule has 0 heterocycles. The first kappa shape index (κ1) is 23.0. The number of aliphatic hydroxyl groups excluding tert-OH is 1. The second-order valence-electron chi connectivity index (χ2n) is 6.66. The van der Waals surface area contributed by atoms with E-state index in [0.717, 1.165) is 31.0 Å². The van der Waals surface area contributed by atoms with Gasteiger partial charge in [-0.1, -0.05) is 106 Å². The zero-order valence-electron chi connectivity index (χ0n) is 15.4. The van der Waals surface area contributed by atoms with Gasteiger partial charge in [0.2, 0.25) is 0 Å². The topological polar surface area (TPSA) is 20.2 Å². The fraction of sp³-hybridized carbons (Fsp3) is 0.905. The number of rotatable bonds is 16. The minimum absolute atomic E-state index is 0.394. The molecule has 0 aliphatic heterocycles. The van der Waals surface area contributed by atoms with Crippen molar-refractivity contribution in [2.75, 3.05) is 5.33 Å². The molecular formula is C21H39BrO. The van der Waals surface area contributed by atoms with E-state index in [0.29, 0.717) is 0 Å². The van der Waals surface area contributed by atoms with Crippen LogP contribution in [0.2, 0.25) is 0 Å². The molecule has 1 atom stereocenters. The lowest BCUT2D eigenvalue weighted by molar-refractivity contribution is 0.218. The molecule has 0 spiro atoms. The summed E-state index contributed by atoms with van der Waals surface area (Å²) < 4.78 is 0. The number of hydrogen-bond donors (Lipinski definition) is 1. The maximum absolute atomic E-state index is 9.61. The molecule has 0 radical (unpaired) electrons. The normalized spacial score (nSPS) is 12.0. The summed E-state index contributed by atoms with van der Waals surface area (Å²) in [6.45, 7) is 2.15. The summed E-state index contributed by atoms with van der Waals surface area (Å²) in [5, 5.41) is 10.8. The highest BCUT2D eigenvalue weighted by Gasteiger charge is 1.96. The SMILES string of the molecule is CCCCC(O)C#CCCCCCCCCCCCCCCBr. The van der Waals surface area contributed by atoms with Crippen LogP contribution in [0.5, 0.6) is 0 Å². The predicted molar refractivity (Wildman–Crippen MR) is 107 cm³/mol. The van der Waals surface area contributed by atoms with E-state index >= 15 is 0 Å². The van der Waals surface area contributed by atoms with Gasteiger partial charge in [0.15, 0.2) is 0 Å². The van der Waals surface area contributed by atoms with Crippen LogP contribution in [-0.2, 0) is 0 Å². The number of unbranched alkanes of at least 4 members (excludes halogenated alkanes) is 13.